The number of benzene rings is 4. The minimum absolute atomic E-state index is 0.157. The quantitative estimate of drug-likeness (QED) is 0.231. The first-order valence-electron chi connectivity index (χ1n) is 13.2. The van der Waals surface area contributed by atoms with Crippen molar-refractivity contribution in [1.29, 1.82) is 0 Å². The van der Waals surface area contributed by atoms with Gasteiger partial charge in [0.2, 0.25) is 0 Å². The van der Waals surface area contributed by atoms with Gasteiger partial charge >= 0.3 is 0 Å². The van der Waals surface area contributed by atoms with E-state index >= 15 is 0 Å². The summed E-state index contributed by atoms with van der Waals surface area (Å²) in [5, 5.41) is 3.46. The van der Waals surface area contributed by atoms with E-state index in [4.69, 9.17) is 23.2 Å². The lowest BCUT2D eigenvalue weighted by Crippen LogP contribution is -2.39. The average molecular weight is 547 g/mol. The molecular formula is C34H24Cl2N2O. The number of ketones is 1. The van der Waals surface area contributed by atoms with E-state index in [1.807, 2.05) is 48.5 Å². The number of aryl methyl sites for hydroxylation is 2. The number of fused-ring (bicyclic) bond motifs is 8. The highest BCUT2D eigenvalue weighted by molar-refractivity contribution is 6.36. The van der Waals surface area contributed by atoms with Gasteiger partial charge in [-0.3, -0.25) is 4.79 Å². The van der Waals surface area contributed by atoms with Crippen LogP contribution in [0.15, 0.2) is 91.0 Å². The number of carbonyl (C=O) groups excluding carboxylic acids is 1. The molecule has 4 aromatic carbocycles. The molecule has 0 bridgehead atoms. The van der Waals surface area contributed by atoms with Crippen molar-refractivity contribution in [3.63, 3.8) is 0 Å². The number of rotatable bonds is 2. The maximum Gasteiger partial charge on any atom is 0.170 e. The lowest BCUT2D eigenvalue weighted by molar-refractivity contribution is 0.0895. The smallest absolute Gasteiger partial charge is 0.170 e. The number of nitrogens with zero attached hydrogens (tertiary/aromatic N) is 1. The van der Waals surface area contributed by atoms with E-state index in [1.54, 1.807) is 0 Å². The number of hydrogen-bond acceptors (Lipinski definition) is 1. The molecule has 5 heteroatoms. The highest BCUT2D eigenvalue weighted by Crippen LogP contribution is 2.64. The Morgan fingerprint density at radius 1 is 0.769 bits per heavy atom. The number of halogens is 2. The first-order chi connectivity index (χ1) is 19.0. The van der Waals surface area contributed by atoms with Crippen LogP contribution in [-0.2, 0) is 5.54 Å². The molecule has 1 aliphatic heterocycles. The van der Waals surface area contributed by atoms with Crippen molar-refractivity contribution >= 4 is 50.8 Å². The van der Waals surface area contributed by atoms with Gasteiger partial charge in [-0.2, -0.15) is 0 Å². The first-order valence-corrected chi connectivity index (χ1v) is 14.0. The molecule has 0 amide bonds. The summed E-state index contributed by atoms with van der Waals surface area (Å²) in [5.41, 5.74) is 8.45. The van der Waals surface area contributed by atoms with Crippen LogP contribution in [0.4, 0.5) is 0 Å². The number of nitrogens with one attached hydrogen (secondary N) is 1. The third-order valence-electron chi connectivity index (χ3n) is 9.11. The molecular weight excluding hydrogens is 523 g/mol. The number of aromatic nitrogens is 2. The third kappa shape index (κ3) is 2.67. The van der Waals surface area contributed by atoms with Gasteiger partial charge in [-0.25, -0.2) is 0 Å². The second kappa shape index (κ2) is 7.88. The monoisotopic (exact) mass is 546 g/mol. The number of aromatic amines is 1. The van der Waals surface area contributed by atoms with Gasteiger partial charge in [-0.05, 0) is 60.4 Å². The Bertz CT molecular complexity index is 2000. The van der Waals surface area contributed by atoms with Crippen molar-refractivity contribution in [2.24, 2.45) is 5.92 Å². The fourth-order valence-electron chi connectivity index (χ4n) is 7.77. The lowest BCUT2D eigenvalue weighted by atomic mass is 9.72. The van der Waals surface area contributed by atoms with Crippen LogP contribution in [0.3, 0.4) is 0 Å². The number of H-pyrrole nitrogens is 1. The summed E-state index contributed by atoms with van der Waals surface area (Å²) in [6, 6.07) is 30.6. The summed E-state index contributed by atoms with van der Waals surface area (Å²) in [6.07, 6.45) is 0. The summed E-state index contributed by atoms with van der Waals surface area (Å²) in [5.74, 6) is -0.363. The second-order valence-electron chi connectivity index (χ2n) is 10.8. The molecule has 2 aliphatic rings. The van der Waals surface area contributed by atoms with Crippen LogP contribution in [-0.4, -0.2) is 15.3 Å². The predicted molar refractivity (Wildman–Crippen MR) is 158 cm³/mol. The SMILES string of the molecule is Cc1c(C23c4ccccc4C(=O)C2C(c2ccccc2)c2c(C)c4c(Cl)cccc4n23)[nH]c2cccc(Cl)c12. The van der Waals surface area contributed by atoms with Gasteiger partial charge in [0.25, 0.3) is 0 Å². The molecule has 3 unspecified atom stereocenters. The van der Waals surface area contributed by atoms with Crippen LogP contribution in [0.5, 0.6) is 0 Å². The second-order valence-corrected chi connectivity index (χ2v) is 11.6. The third-order valence-corrected chi connectivity index (χ3v) is 9.74. The molecule has 39 heavy (non-hydrogen) atoms. The Labute approximate surface area is 236 Å². The Kier molecular flexibility index (Phi) is 4.67. The van der Waals surface area contributed by atoms with Crippen LogP contribution >= 0.6 is 23.2 Å². The van der Waals surface area contributed by atoms with E-state index < -0.39 is 5.54 Å². The standard InChI is InChI=1S/C34H24Cl2N2O/c1-18-28-24(36)15-9-17-26(28)38-31(18)29(20-10-4-3-5-11-20)30-32(39)21-12-6-7-13-22(21)34(30,38)33-19(2)27-23(35)14-8-16-25(27)37-33/h3-17,29-30,37H,1-2H3. The topological polar surface area (TPSA) is 37.8 Å². The molecule has 190 valence electrons. The van der Waals surface area contributed by atoms with Crippen molar-refractivity contribution < 1.29 is 4.79 Å². The summed E-state index contributed by atoms with van der Waals surface area (Å²) in [7, 11) is 0. The lowest BCUT2D eigenvalue weighted by Gasteiger charge is -2.34. The van der Waals surface area contributed by atoms with Crippen molar-refractivity contribution in [2.75, 3.05) is 0 Å². The predicted octanol–water partition coefficient (Wildman–Crippen LogP) is 8.80. The molecule has 1 aliphatic carbocycles. The molecule has 3 heterocycles. The molecule has 3 nitrogen and oxygen atoms in total. The maximum atomic E-state index is 14.6. The van der Waals surface area contributed by atoms with Crippen LogP contribution in [0.2, 0.25) is 10.0 Å². The zero-order valence-electron chi connectivity index (χ0n) is 21.4. The molecule has 0 fully saturated rings. The molecule has 1 N–H and O–H groups in total. The van der Waals surface area contributed by atoms with Crippen molar-refractivity contribution in [3.05, 3.63) is 140 Å². The maximum absolute atomic E-state index is 14.6. The van der Waals surface area contributed by atoms with E-state index in [0.29, 0.717) is 5.02 Å². The van der Waals surface area contributed by atoms with Gasteiger partial charge in [0.05, 0.1) is 27.2 Å². The minimum atomic E-state index is -0.798. The van der Waals surface area contributed by atoms with Gasteiger partial charge in [0, 0.05) is 33.5 Å². The van der Waals surface area contributed by atoms with E-state index in [0.717, 1.165) is 66.0 Å². The zero-order valence-corrected chi connectivity index (χ0v) is 22.9. The van der Waals surface area contributed by atoms with E-state index in [1.165, 1.54) is 0 Å². The zero-order chi connectivity index (χ0) is 26.6. The van der Waals surface area contributed by atoms with Crippen molar-refractivity contribution in [3.8, 4) is 0 Å². The van der Waals surface area contributed by atoms with E-state index in [2.05, 4.69) is 65.9 Å². The van der Waals surface area contributed by atoms with Crippen molar-refractivity contribution in [1.82, 2.24) is 9.55 Å². The van der Waals surface area contributed by atoms with Crippen LogP contribution < -0.4 is 0 Å². The fraction of sp³-hybridized carbons (Fsp3) is 0.147. The molecule has 6 aromatic rings. The number of hydrogen-bond donors (Lipinski definition) is 1. The largest absolute Gasteiger partial charge is 0.356 e. The van der Waals surface area contributed by atoms with Gasteiger partial charge in [-0.1, -0.05) is 89.9 Å². The summed E-state index contributed by atoms with van der Waals surface area (Å²) >= 11 is 13.7. The number of carbonyl (C=O) groups is 1. The summed E-state index contributed by atoms with van der Waals surface area (Å²) in [4.78, 5) is 18.4. The Balaban J connectivity index is 1.63. The molecule has 0 radical (unpaired) electrons. The van der Waals surface area contributed by atoms with E-state index in [9.17, 15) is 4.79 Å². The highest BCUT2D eigenvalue weighted by Gasteiger charge is 2.65. The van der Waals surface area contributed by atoms with Gasteiger partial charge in [0.15, 0.2) is 5.78 Å². The fourth-order valence-corrected chi connectivity index (χ4v) is 8.40. The van der Waals surface area contributed by atoms with Gasteiger partial charge < -0.3 is 9.55 Å². The Morgan fingerprint density at radius 2 is 1.46 bits per heavy atom. The van der Waals surface area contributed by atoms with Crippen molar-refractivity contribution in [2.45, 2.75) is 25.3 Å². The van der Waals surface area contributed by atoms with Crippen LogP contribution in [0.25, 0.3) is 21.8 Å². The summed E-state index contributed by atoms with van der Waals surface area (Å²) in [6.45, 7) is 4.27. The normalized spacial score (nSPS) is 21.5. The molecule has 2 aromatic heterocycles. The molecule has 0 saturated heterocycles. The highest BCUT2D eigenvalue weighted by atomic mass is 35.5. The number of Topliss-reactive ketones (excluding diaryl/α,β-unsaturated/α-hetero) is 1. The summed E-state index contributed by atoms with van der Waals surface area (Å²) < 4.78 is 2.43. The molecule has 0 spiro atoms. The van der Waals surface area contributed by atoms with Gasteiger partial charge in [-0.15, -0.1) is 0 Å². The minimum Gasteiger partial charge on any atom is -0.356 e. The Morgan fingerprint density at radius 3 is 2.23 bits per heavy atom. The molecule has 3 atom stereocenters. The van der Waals surface area contributed by atoms with E-state index in [-0.39, 0.29) is 17.6 Å². The van der Waals surface area contributed by atoms with Crippen LogP contribution in [0, 0.1) is 19.8 Å². The molecule has 0 saturated carbocycles. The first kappa shape index (κ1) is 23.1. The van der Waals surface area contributed by atoms with Gasteiger partial charge in [0.1, 0.15) is 5.54 Å². The average Bonchev–Trinajstić information content (AvgIpc) is 3.62. The van der Waals surface area contributed by atoms with Crippen LogP contribution in [0.1, 0.15) is 49.9 Å². The Hall–Kier alpha value is -3.79. The molecule has 8 rings (SSSR count).